The number of benzene rings is 2. The van der Waals surface area contributed by atoms with Gasteiger partial charge in [-0.2, -0.15) is 0 Å². The number of rotatable bonds is 4. The van der Waals surface area contributed by atoms with E-state index >= 15 is 0 Å². The Labute approximate surface area is 136 Å². The molecule has 5 heteroatoms. The zero-order valence-electron chi connectivity index (χ0n) is 10.8. The molecule has 0 radical (unpaired) electrons. The smallest absolute Gasteiger partial charge is 0.142 e. The highest BCUT2D eigenvalue weighted by Gasteiger charge is 2.14. The molecule has 0 heterocycles. The largest absolute Gasteiger partial charge is 0.313 e. The SMILES string of the molecule is CNC(Cc1ccc(Cl)c(F)c1)c1cc(Cl)ccc1Br. The Bertz CT molecular complexity index is 619. The first-order valence-corrected chi connectivity index (χ1v) is 7.62. The van der Waals surface area contributed by atoms with E-state index in [0.29, 0.717) is 11.4 Å². The molecular weight excluding hydrogens is 364 g/mol. The van der Waals surface area contributed by atoms with E-state index in [0.717, 1.165) is 15.6 Å². The highest BCUT2D eigenvalue weighted by molar-refractivity contribution is 9.10. The second-order valence-electron chi connectivity index (χ2n) is 4.46. The summed E-state index contributed by atoms with van der Waals surface area (Å²) in [5.41, 5.74) is 1.91. The average molecular weight is 377 g/mol. The van der Waals surface area contributed by atoms with Crippen molar-refractivity contribution in [2.45, 2.75) is 12.5 Å². The van der Waals surface area contributed by atoms with Gasteiger partial charge in [-0.25, -0.2) is 4.39 Å². The fourth-order valence-electron chi connectivity index (χ4n) is 2.05. The second kappa shape index (κ2) is 6.90. The highest BCUT2D eigenvalue weighted by atomic mass is 79.9. The third-order valence-corrected chi connectivity index (χ3v) is 4.37. The molecule has 0 aliphatic carbocycles. The molecule has 0 aliphatic heterocycles. The summed E-state index contributed by atoms with van der Waals surface area (Å²) in [6, 6.07) is 10.5. The van der Waals surface area contributed by atoms with Crippen molar-refractivity contribution in [2.24, 2.45) is 0 Å². The first-order chi connectivity index (χ1) is 9.51. The topological polar surface area (TPSA) is 12.0 Å². The Hall–Kier alpha value is -0.610. The summed E-state index contributed by atoms with van der Waals surface area (Å²) >= 11 is 15.3. The minimum Gasteiger partial charge on any atom is -0.313 e. The highest BCUT2D eigenvalue weighted by Crippen LogP contribution is 2.29. The monoisotopic (exact) mass is 375 g/mol. The van der Waals surface area contributed by atoms with Crippen LogP contribution in [0.1, 0.15) is 17.2 Å². The molecule has 20 heavy (non-hydrogen) atoms. The van der Waals surface area contributed by atoms with Gasteiger partial charge in [-0.3, -0.25) is 0 Å². The summed E-state index contributed by atoms with van der Waals surface area (Å²) in [7, 11) is 1.87. The minimum absolute atomic E-state index is 0.0312. The van der Waals surface area contributed by atoms with Gasteiger partial charge in [0.15, 0.2) is 0 Å². The Morgan fingerprint density at radius 1 is 1.20 bits per heavy atom. The molecule has 106 valence electrons. The van der Waals surface area contributed by atoms with Gasteiger partial charge in [-0.05, 0) is 54.9 Å². The lowest BCUT2D eigenvalue weighted by molar-refractivity contribution is 0.582. The number of likely N-dealkylation sites (N-methyl/N-ethyl adjacent to an activating group) is 1. The number of hydrogen-bond donors (Lipinski definition) is 1. The second-order valence-corrected chi connectivity index (χ2v) is 6.16. The summed E-state index contributed by atoms with van der Waals surface area (Å²) in [6.45, 7) is 0. The van der Waals surface area contributed by atoms with E-state index in [4.69, 9.17) is 23.2 Å². The fourth-order valence-corrected chi connectivity index (χ4v) is 2.87. The van der Waals surface area contributed by atoms with Crippen LogP contribution in [-0.4, -0.2) is 7.05 Å². The van der Waals surface area contributed by atoms with Crippen LogP contribution < -0.4 is 5.32 Å². The fraction of sp³-hybridized carbons (Fsp3) is 0.200. The van der Waals surface area contributed by atoms with Gasteiger partial charge in [0, 0.05) is 15.5 Å². The lowest BCUT2D eigenvalue weighted by atomic mass is 9.99. The summed E-state index contributed by atoms with van der Waals surface area (Å²) < 4.78 is 14.5. The van der Waals surface area contributed by atoms with Gasteiger partial charge in [-0.1, -0.05) is 45.2 Å². The van der Waals surface area contributed by atoms with E-state index in [1.807, 2.05) is 31.3 Å². The summed E-state index contributed by atoms with van der Waals surface area (Å²) in [4.78, 5) is 0. The molecule has 0 fully saturated rings. The van der Waals surface area contributed by atoms with Crippen LogP contribution in [0.4, 0.5) is 4.39 Å². The molecule has 0 saturated carbocycles. The molecule has 2 aromatic carbocycles. The van der Waals surface area contributed by atoms with Crippen molar-refractivity contribution >= 4 is 39.1 Å². The molecule has 0 saturated heterocycles. The summed E-state index contributed by atoms with van der Waals surface area (Å²) in [5, 5.41) is 4.03. The molecule has 2 rings (SSSR count). The first-order valence-electron chi connectivity index (χ1n) is 6.07. The standard InChI is InChI=1S/C15H13BrCl2FN/c1-20-15(11-8-10(17)3-4-12(11)16)7-9-2-5-13(18)14(19)6-9/h2-6,8,15,20H,7H2,1H3. The van der Waals surface area contributed by atoms with Crippen LogP contribution in [0.25, 0.3) is 0 Å². The Kier molecular flexibility index (Phi) is 5.44. The molecule has 1 nitrogen and oxygen atoms in total. The molecule has 0 aliphatic rings. The molecule has 1 atom stereocenters. The van der Waals surface area contributed by atoms with E-state index in [1.165, 1.54) is 6.07 Å². The van der Waals surface area contributed by atoms with Crippen LogP contribution >= 0.6 is 39.1 Å². The van der Waals surface area contributed by atoms with Crippen molar-refractivity contribution in [3.63, 3.8) is 0 Å². The zero-order valence-corrected chi connectivity index (χ0v) is 13.9. The molecule has 0 bridgehead atoms. The minimum atomic E-state index is -0.399. The van der Waals surface area contributed by atoms with Gasteiger partial charge in [0.1, 0.15) is 5.82 Å². The van der Waals surface area contributed by atoms with Crippen LogP contribution in [-0.2, 0) is 6.42 Å². The number of nitrogens with one attached hydrogen (secondary N) is 1. The van der Waals surface area contributed by atoms with E-state index in [2.05, 4.69) is 21.2 Å². The van der Waals surface area contributed by atoms with Crippen molar-refractivity contribution < 1.29 is 4.39 Å². The average Bonchev–Trinajstić information content (AvgIpc) is 2.43. The predicted octanol–water partition coefficient (Wildman–Crippen LogP) is 5.40. The van der Waals surface area contributed by atoms with Gasteiger partial charge < -0.3 is 5.32 Å². The van der Waals surface area contributed by atoms with Gasteiger partial charge in [0.25, 0.3) is 0 Å². The van der Waals surface area contributed by atoms with Gasteiger partial charge in [-0.15, -0.1) is 0 Å². The van der Waals surface area contributed by atoms with Crippen molar-refractivity contribution in [2.75, 3.05) is 7.05 Å². The number of hydrogen-bond acceptors (Lipinski definition) is 1. The molecule has 0 aromatic heterocycles. The lowest BCUT2D eigenvalue weighted by Crippen LogP contribution is -2.19. The van der Waals surface area contributed by atoms with Crippen molar-refractivity contribution in [3.05, 3.63) is 67.9 Å². The maximum atomic E-state index is 13.5. The van der Waals surface area contributed by atoms with Crippen molar-refractivity contribution in [1.29, 1.82) is 0 Å². The molecular formula is C15H13BrCl2FN. The van der Waals surface area contributed by atoms with E-state index in [9.17, 15) is 4.39 Å². The molecule has 1 N–H and O–H groups in total. The van der Waals surface area contributed by atoms with Crippen molar-refractivity contribution in [3.8, 4) is 0 Å². The van der Waals surface area contributed by atoms with Crippen LogP contribution in [0, 0.1) is 5.82 Å². The number of halogens is 4. The normalized spacial score (nSPS) is 12.4. The summed E-state index contributed by atoms with van der Waals surface area (Å²) in [6.07, 6.45) is 0.642. The van der Waals surface area contributed by atoms with Crippen LogP contribution in [0.15, 0.2) is 40.9 Å². The van der Waals surface area contributed by atoms with E-state index < -0.39 is 5.82 Å². The maximum Gasteiger partial charge on any atom is 0.142 e. The summed E-state index contributed by atoms with van der Waals surface area (Å²) in [5.74, 6) is -0.399. The predicted molar refractivity (Wildman–Crippen MR) is 86.1 cm³/mol. The van der Waals surface area contributed by atoms with Gasteiger partial charge >= 0.3 is 0 Å². The van der Waals surface area contributed by atoms with Crippen molar-refractivity contribution in [1.82, 2.24) is 5.32 Å². The molecule has 0 spiro atoms. The van der Waals surface area contributed by atoms with Crippen LogP contribution in [0.2, 0.25) is 10.0 Å². The molecule has 2 aromatic rings. The lowest BCUT2D eigenvalue weighted by Gasteiger charge is -2.19. The van der Waals surface area contributed by atoms with E-state index in [-0.39, 0.29) is 11.1 Å². The third kappa shape index (κ3) is 3.73. The van der Waals surface area contributed by atoms with Gasteiger partial charge in [0.2, 0.25) is 0 Å². The van der Waals surface area contributed by atoms with Gasteiger partial charge in [0.05, 0.1) is 5.02 Å². The molecule has 1 unspecified atom stereocenters. The van der Waals surface area contributed by atoms with Crippen LogP contribution in [0.3, 0.4) is 0 Å². The maximum absolute atomic E-state index is 13.5. The quantitative estimate of drug-likeness (QED) is 0.753. The van der Waals surface area contributed by atoms with E-state index in [1.54, 1.807) is 6.07 Å². The molecule has 0 amide bonds. The Balaban J connectivity index is 2.28. The Morgan fingerprint density at radius 3 is 2.60 bits per heavy atom. The third-order valence-electron chi connectivity index (χ3n) is 3.11. The first kappa shape index (κ1) is 15.8. The zero-order chi connectivity index (χ0) is 14.7. The van der Waals surface area contributed by atoms with Crippen LogP contribution in [0.5, 0.6) is 0 Å². The Morgan fingerprint density at radius 2 is 1.95 bits per heavy atom.